The maximum Gasteiger partial charge on any atom is 0.187 e. The quantitative estimate of drug-likeness (QED) is 0.0967. The largest absolute Gasteiger partial charge is 0.491 e. The third-order valence-corrected chi connectivity index (χ3v) is 11.1. The fourth-order valence-corrected chi connectivity index (χ4v) is 8.60. The topological polar surface area (TPSA) is 68.3 Å². The van der Waals surface area contributed by atoms with Crippen LogP contribution < -0.4 is 14.4 Å². The van der Waals surface area contributed by atoms with Crippen molar-refractivity contribution in [1.29, 1.82) is 5.26 Å². The minimum atomic E-state index is -0.778. The minimum absolute atomic E-state index is 0.474. The van der Waals surface area contributed by atoms with Crippen LogP contribution in [0.15, 0.2) is 152 Å². The monoisotopic (exact) mass is 757 g/mol. The van der Waals surface area contributed by atoms with Crippen LogP contribution in [0, 0.1) is 17.9 Å². The Hall–Kier alpha value is -7.16. The van der Waals surface area contributed by atoms with Crippen molar-refractivity contribution in [2.45, 2.75) is 5.41 Å². The summed E-state index contributed by atoms with van der Waals surface area (Å²) in [6.45, 7) is 9.98. The van der Waals surface area contributed by atoms with Gasteiger partial charge in [0.25, 0.3) is 0 Å². The maximum absolute atomic E-state index is 10.2. The fourth-order valence-electron chi connectivity index (χ4n) is 8.60. The fraction of sp³-hybridized carbons (Fsp3) is 0.137. The first-order chi connectivity index (χ1) is 28.6. The molecule has 7 aromatic rings. The molecule has 9 rings (SSSR count). The van der Waals surface area contributed by atoms with E-state index in [1.165, 1.54) is 0 Å². The molecule has 0 N–H and O–H groups in total. The van der Waals surface area contributed by atoms with E-state index in [1.807, 2.05) is 48.5 Å². The van der Waals surface area contributed by atoms with Gasteiger partial charge < -0.3 is 23.8 Å². The lowest BCUT2D eigenvalue weighted by molar-refractivity contribution is 0.146. The molecule has 0 atom stereocenters. The molecule has 58 heavy (non-hydrogen) atoms. The Kier molecular flexibility index (Phi) is 9.69. The summed E-state index contributed by atoms with van der Waals surface area (Å²) in [6, 6.07) is 54.6. The summed E-state index contributed by atoms with van der Waals surface area (Å²) in [5, 5.41) is 10.2. The number of hydrogen-bond donors (Lipinski definition) is 0. The normalized spacial score (nSPS) is 12.8. The van der Waals surface area contributed by atoms with E-state index in [0.29, 0.717) is 37.7 Å². The van der Waals surface area contributed by atoms with Gasteiger partial charge in [0.2, 0.25) is 0 Å². The molecule has 0 unspecified atom stereocenters. The number of fused-ring (bicyclic) bond motifs is 9. The van der Waals surface area contributed by atoms with Crippen molar-refractivity contribution in [2.24, 2.45) is 0 Å². The molecule has 0 aromatic heterocycles. The molecule has 1 aliphatic heterocycles. The molecule has 7 aromatic carbocycles. The molecule has 7 heteroatoms. The Morgan fingerprint density at radius 1 is 0.552 bits per heavy atom. The van der Waals surface area contributed by atoms with Gasteiger partial charge in [0.05, 0.1) is 48.2 Å². The average molecular weight is 758 g/mol. The SMILES string of the molecule is [C-]#[N+]c1ccc2c(c1)C1(c3cc(C#N)ccc3-2)c2ccccc2N(c2cc(-c3ccc(OCCOC)cc3)cc(-c3ccc(OCCOC)cc3)c2)c2ccccc21. The lowest BCUT2D eigenvalue weighted by Gasteiger charge is -2.45. The number of hydrogen-bond acceptors (Lipinski definition) is 6. The number of para-hydroxylation sites is 2. The second-order valence-electron chi connectivity index (χ2n) is 14.3. The smallest absolute Gasteiger partial charge is 0.187 e. The zero-order chi connectivity index (χ0) is 39.6. The second kappa shape index (κ2) is 15.4. The van der Waals surface area contributed by atoms with Gasteiger partial charge in [-0.1, -0.05) is 84.9 Å². The number of anilines is 3. The van der Waals surface area contributed by atoms with Gasteiger partial charge in [-0.3, -0.25) is 0 Å². The molecule has 2 aliphatic rings. The summed E-state index contributed by atoms with van der Waals surface area (Å²) >= 11 is 0. The van der Waals surface area contributed by atoms with Crippen LogP contribution in [0.25, 0.3) is 38.2 Å². The first-order valence-corrected chi connectivity index (χ1v) is 19.2. The van der Waals surface area contributed by atoms with Crippen molar-refractivity contribution >= 4 is 22.7 Å². The van der Waals surface area contributed by atoms with E-state index >= 15 is 0 Å². The third-order valence-electron chi connectivity index (χ3n) is 11.1. The summed E-state index contributed by atoms with van der Waals surface area (Å²) in [6.07, 6.45) is 0. The lowest BCUT2D eigenvalue weighted by atomic mass is 9.64. The van der Waals surface area contributed by atoms with E-state index in [2.05, 4.69) is 119 Å². The minimum Gasteiger partial charge on any atom is -0.491 e. The highest BCUT2D eigenvalue weighted by Crippen LogP contribution is 2.64. The zero-order valence-electron chi connectivity index (χ0n) is 32.2. The van der Waals surface area contributed by atoms with Crippen molar-refractivity contribution in [2.75, 3.05) is 45.5 Å². The first-order valence-electron chi connectivity index (χ1n) is 19.2. The molecule has 0 fully saturated rings. The molecule has 0 bridgehead atoms. The summed E-state index contributed by atoms with van der Waals surface area (Å²) < 4.78 is 22.2. The number of ether oxygens (including phenoxy) is 4. The Morgan fingerprint density at radius 2 is 1.07 bits per heavy atom. The van der Waals surface area contributed by atoms with E-state index in [4.69, 9.17) is 25.5 Å². The number of nitriles is 1. The lowest BCUT2D eigenvalue weighted by Crippen LogP contribution is -2.36. The molecule has 1 spiro atoms. The second-order valence-corrected chi connectivity index (χ2v) is 14.3. The number of benzene rings is 7. The average Bonchev–Trinajstić information content (AvgIpc) is 3.56. The van der Waals surface area contributed by atoms with Gasteiger partial charge in [0.15, 0.2) is 5.69 Å². The predicted molar refractivity (Wildman–Crippen MR) is 229 cm³/mol. The molecule has 0 amide bonds. The van der Waals surface area contributed by atoms with Crippen molar-refractivity contribution in [3.05, 3.63) is 191 Å². The van der Waals surface area contributed by atoms with Crippen LogP contribution in [0.3, 0.4) is 0 Å². The van der Waals surface area contributed by atoms with Crippen LogP contribution in [0.1, 0.15) is 27.8 Å². The van der Waals surface area contributed by atoms with Gasteiger partial charge in [-0.2, -0.15) is 5.26 Å². The first kappa shape index (κ1) is 36.5. The van der Waals surface area contributed by atoms with E-state index in [9.17, 15) is 5.26 Å². The van der Waals surface area contributed by atoms with Crippen molar-refractivity contribution in [1.82, 2.24) is 0 Å². The zero-order valence-corrected chi connectivity index (χ0v) is 32.2. The van der Waals surface area contributed by atoms with Crippen LogP contribution in [-0.4, -0.2) is 40.6 Å². The Morgan fingerprint density at radius 3 is 1.59 bits per heavy atom. The van der Waals surface area contributed by atoms with Crippen molar-refractivity contribution in [3.63, 3.8) is 0 Å². The number of rotatable bonds is 11. The van der Waals surface area contributed by atoms with E-state index in [0.717, 1.165) is 84.2 Å². The highest BCUT2D eigenvalue weighted by Gasteiger charge is 2.51. The van der Waals surface area contributed by atoms with E-state index in [1.54, 1.807) is 14.2 Å². The summed E-state index contributed by atoms with van der Waals surface area (Å²) in [4.78, 5) is 6.24. The van der Waals surface area contributed by atoms with Crippen LogP contribution >= 0.6 is 0 Å². The van der Waals surface area contributed by atoms with Gasteiger partial charge in [-0.05, 0) is 122 Å². The highest BCUT2D eigenvalue weighted by atomic mass is 16.5. The van der Waals surface area contributed by atoms with Crippen LogP contribution in [0.4, 0.5) is 22.7 Å². The summed E-state index contributed by atoms with van der Waals surface area (Å²) in [5.74, 6) is 1.56. The van der Waals surface area contributed by atoms with Crippen LogP contribution in [-0.2, 0) is 14.9 Å². The maximum atomic E-state index is 10.2. The third kappa shape index (κ3) is 6.15. The molecule has 0 saturated carbocycles. The highest BCUT2D eigenvalue weighted by molar-refractivity contribution is 5.97. The molecule has 0 saturated heterocycles. The molecule has 1 heterocycles. The van der Waals surface area contributed by atoms with E-state index in [-0.39, 0.29) is 0 Å². The summed E-state index contributed by atoms with van der Waals surface area (Å²) in [5.41, 5.74) is 14.0. The number of methoxy groups -OCH3 is 2. The molecule has 0 radical (unpaired) electrons. The Labute approximate surface area is 338 Å². The van der Waals surface area contributed by atoms with Crippen molar-refractivity contribution in [3.8, 4) is 50.9 Å². The van der Waals surface area contributed by atoms with Gasteiger partial charge >= 0.3 is 0 Å². The van der Waals surface area contributed by atoms with Gasteiger partial charge in [0, 0.05) is 19.9 Å². The van der Waals surface area contributed by atoms with Crippen LogP contribution in [0.2, 0.25) is 0 Å². The van der Waals surface area contributed by atoms with Gasteiger partial charge in [-0.15, -0.1) is 0 Å². The molecule has 282 valence electrons. The van der Waals surface area contributed by atoms with Crippen LogP contribution in [0.5, 0.6) is 11.5 Å². The molecular weight excluding hydrogens is 719 g/mol. The standard InChI is InChI=1S/C51H39N3O4/c1-53-39-17-23-44-43-22-12-34(33-52)28-47(43)51(48(44)32-39)45-8-4-6-10-49(45)54(50-11-7-5-9-46(50)51)40-30-37(35-13-18-41(19-14-35)57-26-24-55-2)29-38(31-40)36-15-20-42(21-16-36)58-27-25-56-3/h4-23,28-32H,24-27H2,2-3H3. The molecular formula is C51H39N3O4. The van der Waals surface area contributed by atoms with Gasteiger partial charge in [0.1, 0.15) is 24.7 Å². The predicted octanol–water partition coefficient (Wildman–Crippen LogP) is 11.6. The molecule has 1 aliphatic carbocycles. The number of nitrogens with zero attached hydrogens (tertiary/aromatic N) is 3. The Balaban J connectivity index is 1.26. The van der Waals surface area contributed by atoms with Crippen molar-refractivity contribution < 1.29 is 18.9 Å². The summed E-state index contributed by atoms with van der Waals surface area (Å²) in [7, 11) is 3.33. The van der Waals surface area contributed by atoms with Gasteiger partial charge in [-0.25, -0.2) is 4.85 Å². The van der Waals surface area contributed by atoms with E-state index < -0.39 is 5.41 Å². The Bertz CT molecular complexity index is 2560. The molecule has 7 nitrogen and oxygen atoms in total.